The first-order valence-electron chi connectivity index (χ1n) is 3.40. The molecule has 1 rings (SSSR count). The molecule has 60 valence electrons. The number of rotatable bonds is 1. The van der Waals surface area contributed by atoms with Crippen LogP contribution in [0.4, 0.5) is 0 Å². The molecule has 1 heterocycles. The Labute approximate surface area is 69.4 Å². The molecule has 0 spiro atoms. The van der Waals surface area contributed by atoms with E-state index in [1.165, 1.54) is 0 Å². The second kappa shape index (κ2) is 3.05. The molecule has 0 aliphatic heterocycles. The Morgan fingerprint density at radius 3 is 2.73 bits per heavy atom. The summed E-state index contributed by atoms with van der Waals surface area (Å²) in [4.78, 5) is 17.6. The number of nitrogens with one attached hydrogen (secondary N) is 1. The molecule has 3 nitrogen and oxygen atoms in total. The maximum absolute atomic E-state index is 11.1. The molecule has 1 aromatic heterocycles. The lowest BCUT2D eigenvalue weighted by Crippen LogP contribution is -2.15. The van der Waals surface area contributed by atoms with Crippen molar-refractivity contribution in [2.24, 2.45) is 0 Å². The van der Waals surface area contributed by atoms with Crippen LogP contribution < -0.4 is 5.56 Å². The highest BCUT2D eigenvalue weighted by Crippen LogP contribution is 2.07. The molecule has 0 bridgehead atoms. The average Bonchev–Trinajstić information content (AvgIpc) is 1.85. The van der Waals surface area contributed by atoms with Crippen LogP contribution in [0.2, 0.25) is 5.15 Å². The molecule has 1 aromatic rings. The summed E-state index contributed by atoms with van der Waals surface area (Å²) in [6, 6.07) is 0. The van der Waals surface area contributed by atoms with Crippen molar-refractivity contribution in [2.45, 2.75) is 20.3 Å². The van der Waals surface area contributed by atoms with Crippen LogP contribution in [0.5, 0.6) is 0 Å². The van der Waals surface area contributed by atoms with Gasteiger partial charge in [-0.3, -0.25) is 4.79 Å². The van der Waals surface area contributed by atoms with E-state index < -0.39 is 0 Å². The zero-order valence-electron chi connectivity index (χ0n) is 6.44. The molecule has 1 N–H and O–H groups in total. The highest BCUT2D eigenvalue weighted by Gasteiger charge is 2.04. The second-order valence-corrected chi connectivity index (χ2v) is 2.63. The van der Waals surface area contributed by atoms with Crippen molar-refractivity contribution in [1.82, 2.24) is 9.97 Å². The van der Waals surface area contributed by atoms with Crippen LogP contribution in [0.15, 0.2) is 4.79 Å². The van der Waals surface area contributed by atoms with E-state index in [9.17, 15) is 4.79 Å². The van der Waals surface area contributed by atoms with Crippen LogP contribution in [-0.2, 0) is 6.42 Å². The Balaban J connectivity index is 3.37. The minimum Gasteiger partial charge on any atom is -0.310 e. The third kappa shape index (κ3) is 1.60. The number of hydrogen-bond donors (Lipinski definition) is 1. The van der Waals surface area contributed by atoms with Gasteiger partial charge < -0.3 is 4.98 Å². The monoisotopic (exact) mass is 172 g/mol. The molecule has 11 heavy (non-hydrogen) atoms. The van der Waals surface area contributed by atoms with Crippen LogP contribution in [0.25, 0.3) is 0 Å². The first kappa shape index (κ1) is 8.27. The van der Waals surface area contributed by atoms with Crippen molar-refractivity contribution in [1.29, 1.82) is 0 Å². The van der Waals surface area contributed by atoms with Gasteiger partial charge in [-0.2, -0.15) is 0 Å². The smallest absolute Gasteiger partial charge is 0.255 e. The van der Waals surface area contributed by atoms with Crippen LogP contribution in [0.3, 0.4) is 0 Å². The molecule has 0 saturated heterocycles. The standard InChI is InChI=1S/C7H9ClN2O/c1-3-5-6(8)9-4(2)10-7(5)11/h3H2,1-2H3,(H,9,10,11). The minimum absolute atomic E-state index is 0.134. The second-order valence-electron chi connectivity index (χ2n) is 2.27. The molecule has 0 aliphatic carbocycles. The topological polar surface area (TPSA) is 45.8 Å². The first-order valence-corrected chi connectivity index (χ1v) is 3.78. The van der Waals surface area contributed by atoms with Crippen molar-refractivity contribution in [3.63, 3.8) is 0 Å². The van der Waals surface area contributed by atoms with Crippen LogP contribution in [-0.4, -0.2) is 9.97 Å². The van der Waals surface area contributed by atoms with E-state index in [1.54, 1.807) is 6.92 Å². The number of H-pyrrole nitrogens is 1. The minimum atomic E-state index is -0.134. The summed E-state index contributed by atoms with van der Waals surface area (Å²) >= 11 is 5.70. The van der Waals surface area contributed by atoms with Crippen molar-refractivity contribution in [3.05, 3.63) is 26.9 Å². The van der Waals surface area contributed by atoms with Gasteiger partial charge >= 0.3 is 0 Å². The Kier molecular flexibility index (Phi) is 2.29. The van der Waals surface area contributed by atoms with Crippen molar-refractivity contribution >= 4 is 11.6 Å². The van der Waals surface area contributed by atoms with Gasteiger partial charge in [-0.1, -0.05) is 18.5 Å². The molecule has 4 heteroatoms. The molecule has 0 aliphatic rings. The highest BCUT2D eigenvalue weighted by atomic mass is 35.5. The Bertz CT molecular complexity index is 319. The third-order valence-electron chi connectivity index (χ3n) is 1.44. The molecular formula is C7H9ClN2O. The fourth-order valence-corrected chi connectivity index (χ4v) is 1.23. The predicted octanol–water partition coefficient (Wildman–Crippen LogP) is 1.29. The number of hydrogen-bond acceptors (Lipinski definition) is 2. The van der Waals surface area contributed by atoms with E-state index in [4.69, 9.17) is 11.6 Å². The summed E-state index contributed by atoms with van der Waals surface area (Å²) in [6.45, 7) is 3.57. The van der Waals surface area contributed by atoms with E-state index >= 15 is 0 Å². The Morgan fingerprint density at radius 2 is 2.27 bits per heavy atom. The highest BCUT2D eigenvalue weighted by molar-refractivity contribution is 6.30. The summed E-state index contributed by atoms with van der Waals surface area (Å²) in [5.41, 5.74) is 0.419. The molecule has 0 saturated carbocycles. The van der Waals surface area contributed by atoms with E-state index in [0.717, 1.165) is 0 Å². The van der Waals surface area contributed by atoms with Gasteiger partial charge in [0.2, 0.25) is 0 Å². The number of aromatic nitrogens is 2. The van der Waals surface area contributed by atoms with Gasteiger partial charge in [-0.15, -0.1) is 0 Å². The number of aryl methyl sites for hydroxylation is 1. The Morgan fingerprint density at radius 1 is 1.64 bits per heavy atom. The normalized spacial score (nSPS) is 10.1. The lowest BCUT2D eigenvalue weighted by molar-refractivity contribution is 0.953. The number of aromatic amines is 1. The van der Waals surface area contributed by atoms with E-state index in [2.05, 4.69) is 9.97 Å². The summed E-state index contributed by atoms with van der Waals surface area (Å²) < 4.78 is 0. The third-order valence-corrected chi connectivity index (χ3v) is 1.75. The Hall–Kier alpha value is -0.830. The largest absolute Gasteiger partial charge is 0.310 e. The molecular weight excluding hydrogens is 164 g/mol. The van der Waals surface area contributed by atoms with Gasteiger partial charge in [0.15, 0.2) is 0 Å². The fraction of sp³-hybridized carbons (Fsp3) is 0.429. The van der Waals surface area contributed by atoms with Gasteiger partial charge in [-0.25, -0.2) is 4.98 Å². The van der Waals surface area contributed by atoms with Crippen molar-refractivity contribution < 1.29 is 0 Å². The zero-order chi connectivity index (χ0) is 8.43. The number of halogens is 1. The quantitative estimate of drug-likeness (QED) is 0.649. The maximum Gasteiger partial charge on any atom is 0.255 e. The predicted molar refractivity (Wildman–Crippen MR) is 44.0 cm³/mol. The van der Waals surface area contributed by atoms with E-state index in [0.29, 0.717) is 23.0 Å². The summed E-state index contributed by atoms with van der Waals surface area (Å²) in [5, 5.41) is 0.314. The van der Waals surface area contributed by atoms with Crippen molar-refractivity contribution in [2.75, 3.05) is 0 Å². The molecule has 0 fully saturated rings. The van der Waals surface area contributed by atoms with Crippen LogP contribution in [0.1, 0.15) is 18.3 Å². The van der Waals surface area contributed by atoms with Crippen molar-refractivity contribution in [3.8, 4) is 0 Å². The van der Waals surface area contributed by atoms with Crippen LogP contribution >= 0.6 is 11.6 Å². The molecule has 0 aromatic carbocycles. The lowest BCUT2D eigenvalue weighted by atomic mass is 10.3. The van der Waals surface area contributed by atoms with Gasteiger partial charge in [0.1, 0.15) is 11.0 Å². The van der Waals surface area contributed by atoms with Gasteiger partial charge in [0, 0.05) is 0 Å². The molecule has 0 radical (unpaired) electrons. The van der Waals surface area contributed by atoms with Crippen LogP contribution in [0, 0.1) is 6.92 Å². The number of nitrogens with zero attached hydrogens (tertiary/aromatic N) is 1. The van der Waals surface area contributed by atoms with Gasteiger partial charge in [0.05, 0.1) is 5.56 Å². The summed E-state index contributed by atoms with van der Waals surface area (Å²) in [5.74, 6) is 0.553. The molecule has 0 unspecified atom stereocenters. The average molecular weight is 173 g/mol. The van der Waals surface area contributed by atoms with E-state index in [-0.39, 0.29) is 5.56 Å². The zero-order valence-corrected chi connectivity index (χ0v) is 7.20. The van der Waals surface area contributed by atoms with Gasteiger partial charge in [-0.05, 0) is 13.3 Å². The fourth-order valence-electron chi connectivity index (χ4n) is 0.883. The summed E-state index contributed by atoms with van der Waals surface area (Å²) in [7, 11) is 0. The summed E-state index contributed by atoms with van der Waals surface area (Å²) in [6.07, 6.45) is 0.613. The van der Waals surface area contributed by atoms with E-state index in [1.807, 2.05) is 6.92 Å². The first-order chi connectivity index (χ1) is 5.15. The molecule has 0 amide bonds. The maximum atomic E-state index is 11.1. The van der Waals surface area contributed by atoms with Gasteiger partial charge in [0.25, 0.3) is 5.56 Å². The lowest BCUT2D eigenvalue weighted by Gasteiger charge is -1.98. The molecule has 0 atom stereocenters. The SMILES string of the molecule is CCc1c(Cl)nc(C)[nH]c1=O.